The molecule has 18 heavy (non-hydrogen) atoms. The van der Waals surface area contributed by atoms with Crippen LogP contribution in [0.4, 0.5) is 0 Å². The van der Waals surface area contributed by atoms with E-state index in [4.69, 9.17) is 22.6 Å². The van der Waals surface area contributed by atoms with E-state index in [9.17, 15) is 13.5 Å². The van der Waals surface area contributed by atoms with Crippen LogP contribution in [0, 0.1) is 0 Å². The second-order valence-corrected chi connectivity index (χ2v) is 6.13. The first-order chi connectivity index (χ1) is 8.27. The maximum absolute atomic E-state index is 11.3. The minimum absolute atomic E-state index is 0.0552. The van der Waals surface area contributed by atoms with Gasteiger partial charge in [-0.3, -0.25) is 0 Å². The standard InChI is InChI=1S/C9H14O8S/c1-8(2)14-7-6-5(15-18(11,12)16-6)3-13-9(7,4-10)17-8/h5-7,10H,3-4H2,1-2H3/t5-,6-,7+,9+/m1/s1. The van der Waals surface area contributed by atoms with E-state index in [1.807, 2.05) is 0 Å². The van der Waals surface area contributed by atoms with Crippen molar-refractivity contribution in [3.05, 3.63) is 0 Å². The molecule has 0 aliphatic carbocycles. The molecule has 4 atom stereocenters. The minimum Gasteiger partial charge on any atom is -0.391 e. The number of aliphatic hydroxyl groups excluding tert-OH is 1. The van der Waals surface area contributed by atoms with Crippen LogP contribution in [-0.4, -0.2) is 56.6 Å². The summed E-state index contributed by atoms with van der Waals surface area (Å²) in [5.74, 6) is -2.41. The summed E-state index contributed by atoms with van der Waals surface area (Å²) in [5, 5.41) is 9.46. The topological polar surface area (TPSA) is 101 Å². The van der Waals surface area contributed by atoms with Crippen molar-refractivity contribution in [2.75, 3.05) is 13.2 Å². The summed E-state index contributed by atoms with van der Waals surface area (Å²) >= 11 is 0. The van der Waals surface area contributed by atoms with Gasteiger partial charge in [-0.05, 0) is 13.8 Å². The molecule has 0 saturated carbocycles. The number of hydrogen-bond donors (Lipinski definition) is 1. The van der Waals surface area contributed by atoms with Gasteiger partial charge in [0.25, 0.3) is 0 Å². The summed E-state index contributed by atoms with van der Waals surface area (Å²) in [6.45, 7) is 2.77. The molecule has 0 unspecified atom stereocenters. The fourth-order valence-corrected chi connectivity index (χ4v) is 3.52. The molecule has 1 N–H and O–H groups in total. The second-order valence-electron chi connectivity index (χ2n) is 4.93. The second kappa shape index (κ2) is 3.63. The van der Waals surface area contributed by atoms with Gasteiger partial charge in [-0.15, -0.1) is 0 Å². The Balaban J connectivity index is 1.95. The fraction of sp³-hybridized carbons (Fsp3) is 1.00. The van der Waals surface area contributed by atoms with Crippen LogP contribution in [0.3, 0.4) is 0 Å². The Morgan fingerprint density at radius 3 is 2.72 bits per heavy atom. The molecule has 3 fully saturated rings. The third-order valence-corrected chi connectivity index (χ3v) is 4.05. The van der Waals surface area contributed by atoms with Crippen molar-refractivity contribution in [3.63, 3.8) is 0 Å². The highest BCUT2D eigenvalue weighted by Crippen LogP contribution is 2.45. The lowest BCUT2D eigenvalue weighted by Crippen LogP contribution is -2.60. The maximum atomic E-state index is 11.3. The smallest absolute Gasteiger partial charge is 0.391 e. The summed E-state index contributed by atoms with van der Waals surface area (Å²) < 4.78 is 48.7. The van der Waals surface area contributed by atoms with Gasteiger partial charge in [-0.25, -0.2) is 8.37 Å². The normalized spacial score (nSPS) is 48.7. The van der Waals surface area contributed by atoms with Gasteiger partial charge in [0.2, 0.25) is 5.79 Å². The average molecular weight is 282 g/mol. The van der Waals surface area contributed by atoms with Gasteiger partial charge in [0.1, 0.15) is 24.9 Å². The Labute approximate surface area is 104 Å². The van der Waals surface area contributed by atoms with Crippen molar-refractivity contribution in [1.29, 1.82) is 0 Å². The van der Waals surface area contributed by atoms with E-state index in [1.54, 1.807) is 13.8 Å². The minimum atomic E-state index is -4.04. The van der Waals surface area contributed by atoms with Gasteiger partial charge in [-0.1, -0.05) is 0 Å². The van der Waals surface area contributed by atoms with Crippen LogP contribution in [0.2, 0.25) is 0 Å². The zero-order valence-electron chi connectivity index (χ0n) is 9.86. The molecule has 9 heteroatoms. The molecule has 3 aliphatic rings. The highest BCUT2D eigenvalue weighted by atomic mass is 32.3. The quantitative estimate of drug-likeness (QED) is 0.646. The van der Waals surface area contributed by atoms with Crippen molar-refractivity contribution in [2.45, 2.75) is 43.7 Å². The van der Waals surface area contributed by atoms with Crippen molar-refractivity contribution in [1.82, 2.24) is 0 Å². The largest absolute Gasteiger partial charge is 0.400 e. The fourth-order valence-electron chi connectivity index (χ4n) is 2.51. The Morgan fingerprint density at radius 1 is 1.33 bits per heavy atom. The Kier molecular flexibility index (Phi) is 2.57. The highest BCUT2D eigenvalue weighted by Gasteiger charge is 2.65. The summed E-state index contributed by atoms with van der Waals surface area (Å²) in [6.07, 6.45) is -2.52. The van der Waals surface area contributed by atoms with E-state index in [1.165, 1.54) is 0 Å². The summed E-state index contributed by atoms with van der Waals surface area (Å²) in [5.41, 5.74) is 0. The van der Waals surface area contributed by atoms with E-state index in [-0.39, 0.29) is 6.61 Å². The summed E-state index contributed by atoms with van der Waals surface area (Å²) in [6, 6.07) is 0. The van der Waals surface area contributed by atoms with Gasteiger partial charge < -0.3 is 19.3 Å². The molecular formula is C9H14O8S. The Hall–Kier alpha value is -0.290. The van der Waals surface area contributed by atoms with Crippen molar-refractivity contribution in [3.8, 4) is 0 Å². The highest BCUT2D eigenvalue weighted by molar-refractivity contribution is 7.82. The first-order valence-corrected chi connectivity index (χ1v) is 6.85. The Morgan fingerprint density at radius 2 is 2.06 bits per heavy atom. The first-order valence-electron chi connectivity index (χ1n) is 5.51. The van der Waals surface area contributed by atoms with Crippen molar-refractivity contribution < 1.29 is 36.1 Å². The Bertz CT molecular complexity index is 459. The number of hydrogen-bond acceptors (Lipinski definition) is 8. The van der Waals surface area contributed by atoms with E-state index in [0.29, 0.717) is 0 Å². The average Bonchev–Trinajstić information content (AvgIpc) is 2.70. The van der Waals surface area contributed by atoms with Crippen LogP contribution in [-0.2, 0) is 33.0 Å². The van der Waals surface area contributed by atoms with Crippen LogP contribution >= 0.6 is 0 Å². The lowest BCUT2D eigenvalue weighted by atomic mass is 9.98. The summed E-state index contributed by atoms with van der Waals surface area (Å²) in [7, 11) is -4.04. The molecule has 0 radical (unpaired) electrons. The van der Waals surface area contributed by atoms with Gasteiger partial charge >= 0.3 is 10.4 Å². The third-order valence-electron chi connectivity index (χ3n) is 3.11. The number of fused-ring (bicyclic) bond motifs is 3. The SMILES string of the molecule is CC1(C)O[C@H]2[C@@H]3OS(=O)(=O)O[C@@H]3CO[C@@]2(CO)O1. The predicted molar refractivity (Wildman–Crippen MR) is 54.5 cm³/mol. The van der Waals surface area contributed by atoms with Gasteiger partial charge in [0.05, 0.1) is 6.61 Å². The molecule has 0 bridgehead atoms. The molecule has 0 aromatic heterocycles. The van der Waals surface area contributed by atoms with Crippen LogP contribution in [0.25, 0.3) is 0 Å². The zero-order valence-corrected chi connectivity index (χ0v) is 10.7. The van der Waals surface area contributed by atoms with Crippen molar-refractivity contribution in [2.24, 2.45) is 0 Å². The molecule has 8 nitrogen and oxygen atoms in total. The van der Waals surface area contributed by atoms with Crippen LogP contribution < -0.4 is 0 Å². The van der Waals surface area contributed by atoms with E-state index in [2.05, 4.69) is 0 Å². The molecule has 104 valence electrons. The maximum Gasteiger partial charge on any atom is 0.400 e. The van der Waals surface area contributed by atoms with Gasteiger partial charge in [0.15, 0.2) is 5.79 Å². The molecule has 0 amide bonds. The number of ether oxygens (including phenoxy) is 3. The van der Waals surface area contributed by atoms with E-state index >= 15 is 0 Å². The molecule has 3 heterocycles. The molecule has 3 saturated heterocycles. The third kappa shape index (κ3) is 1.78. The lowest BCUT2D eigenvalue weighted by molar-refractivity contribution is -0.294. The number of rotatable bonds is 1. The summed E-state index contributed by atoms with van der Waals surface area (Å²) in [4.78, 5) is 0. The molecule has 0 aromatic carbocycles. The molecular weight excluding hydrogens is 268 g/mol. The van der Waals surface area contributed by atoms with E-state index < -0.39 is 46.9 Å². The van der Waals surface area contributed by atoms with E-state index in [0.717, 1.165) is 0 Å². The van der Waals surface area contributed by atoms with Gasteiger partial charge in [-0.2, -0.15) is 8.42 Å². The van der Waals surface area contributed by atoms with Crippen LogP contribution in [0.5, 0.6) is 0 Å². The van der Waals surface area contributed by atoms with Crippen LogP contribution in [0.15, 0.2) is 0 Å². The number of aliphatic hydroxyl groups is 1. The molecule has 3 rings (SSSR count). The lowest BCUT2D eigenvalue weighted by Gasteiger charge is -2.38. The predicted octanol–water partition coefficient (Wildman–Crippen LogP) is -1.11. The molecule has 3 aliphatic heterocycles. The monoisotopic (exact) mass is 282 g/mol. The van der Waals surface area contributed by atoms with Crippen LogP contribution in [0.1, 0.15) is 13.8 Å². The molecule has 0 aromatic rings. The molecule has 0 spiro atoms. The first kappa shape index (κ1) is 12.7. The van der Waals surface area contributed by atoms with Crippen molar-refractivity contribution >= 4 is 10.4 Å². The van der Waals surface area contributed by atoms with Gasteiger partial charge in [0, 0.05) is 0 Å². The zero-order chi connectivity index (χ0) is 13.2.